The Kier molecular flexibility index (Phi) is 7.65. The number of ether oxygens (including phenoxy) is 3. The van der Waals surface area contributed by atoms with Gasteiger partial charge in [0.25, 0.3) is 0 Å². The predicted octanol–water partition coefficient (Wildman–Crippen LogP) is 3.06. The molecule has 1 aromatic carbocycles. The van der Waals surface area contributed by atoms with Crippen molar-refractivity contribution >= 4 is 40.7 Å². The van der Waals surface area contributed by atoms with Crippen LogP contribution in [0.4, 0.5) is 0 Å². The normalized spacial score (nSPS) is 16.2. The molecule has 28 heavy (non-hydrogen) atoms. The van der Waals surface area contributed by atoms with Crippen molar-refractivity contribution in [3.8, 4) is 11.5 Å². The molecule has 0 bridgehead atoms. The second-order valence-corrected chi connectivity index (χ2v) is 6.80. The quantitative estimate of drug-likeness (QED) is 0.484. The number of Topliss-reactive ketones (excluding diaryl/α,β-unsaturated/α-hetero) is 1. The van der Waals surface area contributed by atoms with Gasteiger partial charge in [0.15, 0.2) is 29.0 Å². The number of carbonyl (C=O) groups is 2. The van der Waals surface area contributed by atoms with E-state index in [-0.39, 0.29) is 29.8 Å². The third-order valence-electron chi connectivity index (χ3n) is 3.95. The highest BCUT2D eigenvalue weighted by Crippen LogP contribution is 2.40. The molecule has 1 heterocycles. The van der Waals surface area contributed by atoms with Gasteiger partial charge in [-0.25, -0.2) is 4.79 Å². The summed E-state index contributed by atoms with van der Waals surface area (Å²) in [6.07, 6.45) is 0. The van der Waals surface area contributed by atoms with Crippen molar-refractivity contribution in [2.24, 2.45) is 0 Å². The zero-order valence-electron chi connectivity index (χ0n) is 16.2. The Morgan fingerprint density at radius 3 is 2.54 bits per heavy atom. The van der Waals surface area contributed by atoms with Gasteiger partial charge in [-0.2, -0.15) is 0 Å². The van der Waals surface area contributed by atoms with E-state index in [1.54, 1.807) is 26.0 Å². The van der Waals surface area contributed by atoms with E-state index >= 15 is 0 Å². The van der Waals surface area contributed by atoms with Gasteiger partial charge < -0.3 is 24.8 Å². The fraction of sp³-hybridized carbons (Fsp3) is 0.421. The molecule has 0 amide bonds. The van der Waals surface area contributed by atoms with Gasteiger partial charge in [0.2, 0.25) is 0 Å². The highest BCUT2D eigenvalue weighted by Gasteiger charge is 2.29. The molecule has 1 aliphatic rings. The first-order valence-electron chi connectivity index (χ1n) is 8.82. The molecule has 1 aromatic rings. The van der Waals surface area contributed by atoms with Crippen LogP contribution in [0, 0.1) is 0 Å². The minimum atomic E-state index is -0.507. The summed E-state index contributed by atoms with van der Waals surface area (Å²) in [5, 5.41) is 6.70. The number of nitrogens with one attached hydrogen (secondary N) is 2. The second kappa shape index (κ2) is 9.75. The van der Waals surface area contributed by atoms with Crippen LogP contribution in [-0.2, 0) is 14.3 Å². The molecule has 0 aliphatic carbocycles. The largest absolute Gasteiger partial charge is 0.490 e. The van der Waals surface area contributed by atoms with Crippen molar-refractivity contribution in [3.63, 3.8) is 0 Å². The maximum Gasteiger partial charge on any atom is 0.344 e. The summed E-state index contributed by atoms with van der Waals surface area (Å²) < 4.78 is 16.0. The molecular formula is C19H23ClN2O5S. The van der Waals surface area contributed by atoms with Gasteiger partial charge in [-0.1, -0.05) is 11.6 Å². The molecule has 0 spiro atoms. The van der Waals surface area contributed by atoms with E-state index in [1.807, 2.05) is 6.92 Å². The summed E-state index contributed by atoms with van der Waals surface area (Å²) in [5.41, 5.74) is 1.91. The van der Waals surface area contributed by atoms with Crippen LogP contribution in [0.15, 0.2) is 23.4 Å². The maximum atomic E-state index is 12.2. The summed E-state index contributed by atoms with van der Waals surface area (Å²) in [4.78, 5) is 23.8. The van der Waals surface area contributed by atoms with Gasteiger partial charge in [-0.15, -0.1) is 0 Å². The van der Waals surface area contributed by atoms with Gasteiger partial charge in [0.05, 0.1) is 24.3 Å². The number of rotatable bonds is 8. The van der Waals surface area contributed by atoms with Crippen molar-refractivity contribution in [1.82, 2.24) is 10.6 Å². The molecular weight excluding hydrogens is 404 g/mol. The zero-order valence-corrected chi connectivity index (χ0v) is 17.8. The van der Waals surface area contributed by atoms with E-state index in [0.717, 1.165) is 0 Å². The van der Waals surface area contributed by atoms with E-state index in [4.69, 9.17) is 38.0 Å². The molecule has 1 aliphatic heterocycles. The van der Waals surface area contributed by atoms with E-state index in [2.05, 4.69) is 10.6 Å². The average Bonchev–Trinajstić information content (AvgIpc) is 2.60. The number of hydrogen-bond acceptors (Lipinski definition) is 6. The van der Waals surface area contributed by atoms with Crippen LogP contribution in [0.5, 0.6) is 11.5 Å². The Morgan fingerprint density at radius 2 is 1.93 bits per heavy atom. The minimum Gasteiger partial charge on any atom is -0.490 e. The first kappa shape index (κ1) is 22.0. The number of carbonyl (C=O) groups excluding carboxylic acids is 2. The second-order valence-electron chi connectivity index (χ2n) is 5.98. The van der Waals surface area contributed by atoms with Crippen LogP contribution in [0.25, 0.3) is 0 Å². The zero-order chi connectivity index (χ0) is 20.8. The molecule has 9 heteroatoms. The van der Waals surface area contributed by atoms with Gasteiger partial charge in [0.1, 0.15) is 0 Å². The van der Waals surface area contributed by atoms with Gasteiger partial charge >= 0.3 is 5.97 Å². The fourth-order valence-electron chi connectivity index (χ4n) is 2.90. The highest BCUT2D eigenvalue weighted by atomic mass is 35.5. The Bertz CT molecular complexity index is 825. The summed E-state index contributed by atoms with van der Waals surface area (Å²) >= 11 is 11.6. The number of esters is 1. The summed E-state index contributed by atoms with van der Waals surface area (Å²) in [6.45, 7) is 7.14. The van der Waals surface area contributed by atoms with Gasteiger partial charge in [0, 0.05) is 11.3 Å². The van der Waals surface area contributed by atoms with Crippen LogP contribution in [-0.4, -0.2) is 36.7 Å². The molecule has 7 nitrogen and oxygen atoms in total. The Hall–Kier alpha value is -2.32. The van der Waals surface area contributed by atoms with Crippen LogP contribution < -0.4 is 20.1 Å². The molecule has 0 radical (unpaired) electrons. The Labute approximate surface area is 174 Å². The first-order valence-corrected chi connectivity index (χ1v) is 9.60. The van der Waals surface area contributed by atoms with Crippen molar-refractivity contribution in [2.45, 2.75) is 33.7 Å². The molecule has 0 saturated heterocycles. The van der Waals surface area contributed by atoms with Crippen molar-refractivity contribution in [2.75, 3.05) is 19.8 Å². The van der Waals surface area contributed by atoms with E-state index in [9.17, 15) is 9.59 Å². The lowest BCUT2D eigenvalue weighted by Crippen LogP contribution is -2.44. The summed E-state index contributed by atoms with van der Waals surface area (Å²) in [5.74, 6) is -0.00221. The van der Waals surface area contributed by atoms with Crippen LogP contribution >= 0.6 is 23.8 Å². The van der Waals surface area contributed by atoms with E-state index in [0.29, 0.717) is 34.3 Å². The molecule has 152 valence electrons. The van der Waals surface area contributed by atoms with E-state index < -0.39 is 12.0 Å². The Morgan fingerprint density at radius 1 is 1.21 bits per heavy atom. The van der Waals surface area contributed by atoms with Crippen LogP contribution in [0.1, 0.15) is 39.3 Å². The van der Waals surface area contributed by atoms with Crippen LogP contribution in [0.2, 0.25) is 5.02 Å². The van der Waals surface area contributed by atoms with Crippen molar-refractivity contribution in [3.05, 3.63) is 34.0 Å². The third-order valence-corrected chi connectivity index (χ3v) is 4.45. The smallest absolute Gasteiger partial charge is 0.344 e. The van der Waals surface area contributed by atoms with Crippen molar-refractivity contribution in [1.29, 1.82) is 0 Å². The molecule has 0 saturated carbocycles. The molecule has 2 rings (SSSR count). The Balaban J connectivity index is 2.43. The molecule has 0 aromatic heterocycles. The minimum absolute atomic E-state index is 0.0956. The first-order chi connectivity index (χ1) is 13.3. The molecule has 0 fully saturated rings. The molecule has 2 N–H and O–H groups in total. The number of ketones is 1. The number of halogens is 1. The van der Waals surface area contributed by atoms with E-state index in [1.165, 1.54) is 6.92 Å². The average molecular weight is 427 g/mol. The van der Waals surface area contributed by atoms with Gasteiger partial charge in [-0.3, -0.25) is 4.79 Å². The van der Waals surface area contributed by atoms with Gasteiger partial charge in [-0.05, 0) is 57.6 Å². The standard InChI is InChI=1S/C19H23ClN2O5S/c1-5-25-14-8-12(7-13(20)18(14)27-9-15(24)26-6-2)17-16(11(4)23)10(3)21-19(28)22-17/h7-8,17H,5-6,9H2,1-4H3,(H2,21,22,28)/t17-/m1/s1. The van der Waals surface area contributed by atoms with Crippen LogP contribution in [0.3, 0.4) is 0 Å². The highest BCUT2D eigenvalue weighted by molar-refractivity contribution is 7.80. The number of hydrogen-bond donors (Lipinski definition) is 2. The number of thiocarbonyl (C=S) groups is 1. The predicted molar refractivity (Wildman–Crippen MR) is 110 cm³/mol. The third kappa shape index (κ3) is 5.14. The van der Waals surface area contributed by atoms with Crippen molar-refractivity contribution < 1.29 is 23.8 Å². The summed E-state index contributed by atoms with van der Waals surface area (Å²) in [7, 11) is 0. The molecule has 0 unspecified atom stereocenters. The SMILES string of the molecule is CCOC(=O)COc1c(Cl)cc([C@H]2NC(=S)NC(C)=C2C(C)=O)cc1OCC. The topological polar surface area (TPSA) is 85.9 Å². The lowest BCUT2D eigenvalue weighted by Gasteiger charge is -2.30. The summed E-state index contributed by atoms with van der Waals surface area (Å²) in [6, 6.07) is 2.89. The fourth-order valence-corrected chi connectivity index (χ4v) is 3.45. The maximum absolute atomic E-state index is 12.2. The number of allylic oxidation sites excluding steroid dienone is 1. The monoisotopic (exact) mass is 426 g/mol. The lowest BCUT2D eigenvalue weighted by atomic mass is 9.93. The number of benzene rings is 1. The molecule has 1 atom stereocenters. The lowest BCUT2D eigenvalue weighted by molar-refractivity contribution is -0.145.